The van der Waals surface area contributed by atoms with Crippen molar-refractivity contribution < 1.29 is 0 Å². The highest BCUT2D eigenvalue weighted by molar-refractivity contribution is 9.10. The second-order valence-electron chi connectivity index (χ2n) is 5.15. The lowest BCUT2D eigenvalue weighted by molar-refractivity contribution is 0.632. The Kier molecular flexibility index (Phi) is 5.96. The number of nitrogens with zero attached hydrogens (tertiary/aromatic N) is 3. The van der Waals surface area contributed by atoms with E-state index in [0.29, 0.717) is 16.1 Å². The Morgan fingerprint density at radius 1 is 1.38 bits per heavy atom. The predicted octanol–water partition coefficient (Wildman–Crippen LogP) is 5.04. The molecule has 1 N–H and O–H groups in total. The second kappa shape index (κ2) is 7.51. The summed E-state index contributed by atoms with van der Waals surface area (Å²) in [7, 11) is 0. The van der Waals surface area contributed by atoms with Gasteiger partial charge < -0.3 is 5.32 Å². The Hall–Kier alpha value is -0.720. The van der Waals surface area contributed by atoms with Gasteiger partial charge in [-0.15, -0.1) is 0 Å². The van der Waals surface area contributed by atoms with E-state index in [9.17, 15) is 0 Å². The van der Waals surface area contributed by atoms with Crippen molar-refractivity contribution in [2.45, 2.75) is 33.6 Å². The molecule has 2 aromatic rings. The molecule has 114 valence electrons. The number of hydrogen-bond acceptors (Lipinski definition) is 5. The zero-order chi connectivity index (χ0) is 15.4. The smallest absolute Gasteiger partial charge is 0.191 e. The number of rotatable bonds is 6. The van der Waals surface area contributed by atoms with E-state index in [2.05, 4.69) is 57.0 Å². The van der Waals surface area contributed by atoms with Crippen molar-refractivity contribution in [2.75, 3.05) is 11.9 Å². The summed E-state index contributed by atoms with van der Waals surface area (Å²) >= 11 is 11.0. The molecule has 7 heteroatoms. The molecular weight excluding hydrogens is 372 g/mol. The van der Waals surface area contributed by atoms with Gasteiger partial charge in [0.25, 0.3) is 0 Å². The number of hydrogen-bond donors (Lipinski definition) is 1. The Bertz CT molecular complexity index is 615. The maximum Gasteiger partial charge on any atom is 0.191 e. The molecule has 2 heterocycles. The summed E-state index contributed by atoms with van der Waals surface area (Å²) in [4.78, 5) is 13.5. The molecule has 0 fully saturated rings. The highest BCUT2D eigenvalue weighted by Gasteiger charge is 2.16. The average Bonchev–Trinajstić information content (AvgIpc) is 2.86. The first-order valence-corrected chi connectivity index (χ1v) is 8.92. The molecule has 0 aromatic carbocycles. The van der Waals surface area contributed by atoms with E-state index < -0.39 is 0 Å². The first-order chi connectivity index (χ1) is 10.0. The van der Waals surface area contributed by atoms with E-state index in [-0.39, 0.29) is 0 Å². The summed E-state index contributed by atoms with van der Waals surface area (Å²) in [5.41, 5.74) is 1.000. The Morgan fingerprint density at radius 2 is 2.14 bits per heavy atom. The minimum atomic E-state index is 0.517. The van der Waals surface area contributed by atoms with Crippen LogP contribution < -0.4 is 5.32 Å². The van der Waals surface area contributed by atoms with Gasteiger partial charge in [-0.25, -0.2) is 15.0 Å². The monoisotopic (exact) mass is 388 g/mol. The van der Waals surface area contributed by atoms with Gasteiger partial charge >= 0.3 is 0 Å². The van der Waals surface area contributed by atoms with Gasteiger partial charge in [0.1, 0.15) is 10.2 Å². The van der Waals surface area contributed by atoms with Crippen molar-refractivity contribution >= 4 is 44.7 Å². The molecule has 0 aliphatic heterocycles. The summed E-state index contributed by atoms with van der Waals surface area (Å²) in [5, 5.41) is 4.09. The minimum Gasteiger partial charge on any atom is -0.369 e. The van der Waals surface area contributed by atoms with Crippen LogP contribution in [0, 0.1) is 5.92 Å². The second-order valence-corrected chi connectivity index (χ2v) is 7.61. The zero-order valence-corrected chi connectivity index (χ0v) is 15.4. The highest BCUT2D eigenvalue weighted by atomic mass is 79.9. The Morgan fingerprint density at radius 3 is 2.71 bits per heavy atom. The minimum absolute atomic E-state index is 0.517. The van der Waals surface area contributed by atoms with Gasteiger partial charge in [-0.1, -0.05) is 43.7 Å². The third-order valence-corrected chi connectivity index (χ3v) is 4.68. The third kappa shape index (κ3) is 4.37. The van der Waals surface area contributed by atoms with Gasteiger partial charge in [0.15, 0.2) is 10.8 Å². The van der Waals surface area contributed by atoms with Crippen LogP contribution in [0.25, 0.3) is 10.8 Å². The van der Waals surface area contributed by atoms with Gasteiger partial charge in [0.2, 0.25) is 0 Å². The van der Waals surface area contributed by atoms with E-state index in [0.717, 1.165) is 40.4 Å². The maximum atomic E-state index is 5.96. The van der Waals surface area contributed by atoms with Crippen LogP contribution in [-0.2, 0) is 6.42 Å². The fourth-order valence-corrected chi connectivity index (χ4v) is 3.16. The van der Waals surface area contributed by atoms with Crippen LogP contribution in [-0.4, -0.2) is 21.5 Å². The van der Waals surface area contributed by atoms with Crippen LogP contribution in [0.1, 0.15) is 32.9 Å². The number of aromatic nitrogens is 3. The van der Waals surface area contributed by atoms with Crippen molar-refractivity contribution in [1.29, 1.82) is 0 Å². The molecule has 2 aromatic heterocycles. The lowest BCUT2D eigenvalue weighted by Gasteiger charge is -2.13. The molecular formula is C14H18BrClN4S. The molecule has 0 saturated carbocycles. The van der Waals surface area contributed by atoms with Gasteiger partial charge in [-0.2, -0.15) is 0 Å². The zero-order valence-electron chi connectivity index (χ0n) is 12.3. The SMILES string of the molecule is CCCNc1nc(-c2ncc(Cl)s2)nc(CC(C)C)c1Br. The van der Waals surface area contributed by atoms with Crippen molar-refractivity contribution in [3.05, 3.63) is 20.7 Å². The van der Waals surface area contributed by atoms with Crippen LogP contribution in [0.2, 0.25) is 4.34 Å². The summed E-state index contributed by atoms with van der Waals surface area (Å²) in [6.45, 7) is 7.34. The molecule has 0 radical (unpaired) electrons. The Balaban J connectivity index is 2.44. The van der Waals surface area contributed by atoms with E-state index >= 15 is 0 Å². The average molecular weight is 390 g/mol. The van der Waals surface area contributed by atoms with Crippen molar-refractivity contribution in [3.63, 3.8) is 0 Å². The molecule has 0 atom stereocenters. The predicted molar refractivity (Wildman–Crippen MR) is 93.2 cm³/mol. The highest BCUT2D eigenvalue weighted by Crippen LogP contribution is 2.31. The quantitative estimate of drug-likeness (QED) is 0.752. The van der Waals surface area contributed by atoms with Crippen LogP contribution in [0.4, 0.5) is 5.82 Å². The third-order valence-electron chi connectivity index (χ3n) is 2.73. The maximum absolute atomic E-state index is 5.96. The largest absolute Gasteiger partial charge is 0.369 e. The molecule has 0 aliphatic rings. The molecule has 21 heavy (non-hydrogen) atoms. The van der Waals surface area contributed by atoms with Crippen LogP contribution >= 0.6 is 38.9 Å². The van der Waals surface area contributed by atoms with Crippen molar-refractivity contribution in [1.82, 2.24) is 15.0 Å². The molecule has 0 saturated heterocycles. The fourth-order valence-electron chi connectivity index (χ4n) is 1.83. The molecule has 4 nitrogen and oxygen atoms in total. The van der Waals surface area contributed by atoms with Crippen LogP contribution in [0.15, 0.2) is 10.7 Å². The van der Waals surface area contributed by atoms with E-state index in [4.69, 9.17) is 11.6 Å². The lowest BCUT2D eigenvalue weighted by atomic mass is 10.1. The standard InChI is InChI=1S/C14H18BrClN4S/c1-4-5-17-12-11(15)9(6-8(2)3)19-13(20-12)14-18-7-10(16)21-14/h7-8H,4-6H2,1-3H3,(H,17,19,20). The topological polar surface area (TPSA) is 50.7 Å². The van der Waals surface area contributed by atoms with Crippen LogP contribution in [0.5, 0.6) is 0 Å². The lowest BCUT2D eigenvalue weighted by Crippen LogP contribution is -2.09. The fraction of sp³-hybridized carbons (Fsp3) is 0.500. The number of nitrogens with one attached hydrogen (secondary N) is 1. The van der Waals surface area contributed by atoms with Crippen molar-refractivity contribution in [2.24, 2.45) is 5.92 Å². The van der Waals surface area contributed by atoms with Gasteiger partial charge in [0.05, 0.1) is 16.4 Å². The normalized spacial score (nSPS) is 11.1. The van der Waals surface area contributed by atoms with Crippen LogP contribution in [0.3, 0.4) is 0 Å². The first-order valence-electron chi connectivity index (χ1n) is 6.93. The summed E-state index contributed by atoms with van der Waals surface area (Å²) in [6, 6.07) is 0. The summed E-state index contributed by atoms with van der Waals surface area (Å²) in [6.07, 6.45) is 3.55. The van der Waals surface area contributed by atoms with Gasteiger partial charge in [0, 0.05) is 6.54 Å². The molecule has 0 aliphatic carbocycles. The molecule has 0 bridgehead atoms. The van der Waals surface area contributed by atoms with Gasteiger partial charge in [-0.3, -0.25) is 0 Å². The molecule has 0 spiro atoms. The molecule has 0 amide bonds. The Labute approximate surface area is 142 Å². The van der Waals surface area contributed by atoms with E-state index in [1.807, 2.05) is 0 Å². The summed E-state index contributed by atoms with van der Waals surface area (Å²) < 4.78 is 1.58. The van der Waals surface area contributed by atoms with E-state index in [1.54, 1.807) is 6.20 Å². The molecule has 2 rings (SSSR count). The molecule has 0 unspecified atom stereocenters. The number of anilines is 1. The van der Waals surface area contributed by atoms with E-state index in [1.165, 1.54) is 11.3 Å². The first kappa shape index (κ1) is 16.6. The van der Waals surface area contributed by atoms with Crippen molar-refractivity contribution in [3.8, 4) is 10.8 Å². The van der Waals surface area contributed by atoms with Gasteiger partial charge in [-0.05, 0) is 34.7 Å². The number of halogens is 2. The summed E-state index contributed by atoms with van der Waals surface area (Å²) in [5.74, 6) is 1.97. The number of thiazole rings is 1.